The molecule has 2 amide bonds. The van der Waals surface area contributed by atoms with Gasteiger partial charge in [0, 0.05) is 26.4 Å². The number of amides is 2. The molecule has 0 saturated heterocycles. The third-order valence-corrected chi connectivity index (χ3v) is 1.62. The summed E-state index contributed by atoms with van der Waals surface area (Å²) in [5.41, 5.74) is 0. The number of hydrogen-bond acceptors (Lipinski definition) is 2. The fourth-order valence-corrected chi connectivity index (χ4v) is 0.867. The molecule has 4 heteroatoms. The molecule has 0 spiro atoms. The molecule has 4 nitrogen and oxygen atoms in total. The van der Waals surface area contributed by atoms with E-state index in [1.807, 2.05) is 20.8 Å². The van der Waals surface area contributed by atoms with Gasteiger partial charge in [-0.05, 0) is 12.8 Å². The van der Waals surface area contributed by atoms with E-state index in [4.69, 9.17) is 0 Å². The molecule has 15 heavy (non-hydrogen) atoms. The van der Waals surface area contributed by atoms with Gasteiger partial charge in [-0.1, -0.05) is 20.8 Å². The van der Waals surface area contributed by atoms with Crippen LogP contribution in [-0.2, 0) is 9.59 Å². The van der Waals surface area contributed by atoms with E-state index in [2.05, 4.69) is 10.6 Å². The summed E-state index contributed by atoms with van der Waals surface area (Å²) in [4.78, 5) is 21.2. The molecule has 0 aliphatic rings. The molecule has 0 aromatic carbocycles. The van der Waals surface area contributed by atoms with Gasteiger partial charge in [0.2, 0.25) is 11.8 Å². The van der Waals surface area contributed by atoms with E-state index in [9.17, 15) is 9.59 Å². The molecule has 0 aliphatic carbocycles. The van der Waals surface area contributed by atoms with E-state index < -0.39 is 0 Å². The topological polar surface area (TPSA) is 58.2 Å². The lowest BCUT2D eigenvalue weighted by Gasteiger charge is -2.03. The molecule has 0 bridgehead atoms. The zero-order chi connectivity index (χ0) is 12.1. The largest absolute Gasteiger partial charge is 0.356 e. The minimum Gasteiger partial charge on any atom is -0.356 e. The van der Waals surface area contributed by atoms with Gasteiger partial charge in [0.15, 0.2) is 0 Å². The van der Waals surface area contributed by atoms with Crippen molar-refractivity contribution in [1.82, 2.24) is 10.6 Å². The van der Waals surface area contributed by atoms with Crippen molar-refractivity contribution in [3.63, 3.8) is 0 Å². The number of carbonyl (C=O) groups is 2. The summed E-state index contributed by atoms with van der Waals surface area (Å²) in [6, 6.07) is 0. The monoisotopic (exact) mass is 216 g/mol. The van der Waals surface area contributed by atoms with Crippen LogP contribution in [0.2, 0.25) is 0 Å². The van der Waals surface area contributed by atoms with Crippen LogP contribution in [0.25, 0.3) is 0 Å². The normalized spacial score (nSPS) is 8.53. The summed E-state index contributed by atoms with van der Waals surface area (Å²) >= 11 is 0. The van der Waals surface area contributed by atoms with Crippen molar-refractivity contribution in [3.8, 4) is 0 Å². The lowest BCUT2D eigenvalue weighted by molar-refractivity contribution is -0.121. The first kappa shape index (κ1) is 16.4. The summed E-state index contributed by atoms with van der Waals surface area (Å²) in [6.07, 6.45) is 2.35. The maximum absolute atomic E-state index is 10.8. The van der Waals surface area contributed by atoms with Crippen LogP contribution in [0.1, 0.15) is 47.0 Å². The Morgan fingerprint density at radius 2 is 1.47 bits per heavy atom. The van der Waals surface area contributed by atoms with Gasteiger partial charge in [-0.3, -0.25) is 9.59 Å². The molecule has 0 aliphatic heterocycles. The summed E-state index contributed by atoms with van der Waals surface area (Å²) in [5.74, 6) is 0.0807. The van der Waals surface area contributed by atoms with Crippen LogP contribution in [0.4, 0.5) is 0 Å². The van der Waals surface area contributed by atoms with E-state index in [0.29, 0.717) is 19.5 Å². The second kappa shape index (κ2) is 12.9. The molecule has 2 N–H and O–H groups in total. The number of nitrogens with one attached hydrogen (secondary N) is 2. The highest BCUT2D eigenvalue weighted by atomic mass is 16.2. The van der Waals surface area contributed by atoms with Gasteiger partial charge in [-0.15, -0.1) is 0 Å². The first-order valence-electron chi connectivity index (χ1n) is 5.68. The standard InChI is InChI=1S/C9H18N2O2.C2H6/c1-3-9(13)11-7-5-4-6-10-8(2)12;1-2/h3-7H2,1-2H3,(H,10,12)(H,11,13);1-2H3. The Kier molecular flexibility index (Phi) is 14.1. The van der Waals surface area contributed by atoms with Crippen LogP contribution in [0, 0.1) is 0 Å². The maximum atomic E-state index is 10.8. The fourth-order valence-electron chi connectivity index (χ4n) is 0.867. The Hall–Kier alpha value is -1.06. The van der Waals surface area contributed by atoms with E-state index in [1.54, 1.807) is 0 Å². The summed E-state index contributed by atoms with van der Waals surface area (Å²) in [7, 11) is 0. The van der Waals surface area contributed by atoms with Gasteiger partial charge in [0.25, 0.3) is 0 Å². The zero-order valence-electron chi connectivity index (χ0n) is 10.4. The average molecular weight is 216 g/mol. The van der Waals surface area contributed by atoms with E-state index in [-0.39, 0.29) is 11.8 Å². The van der Waals surface area contributed by atoms with Crippen molar-refractivity contribution in [2.75, 3.05) is 13.1 Å². The number of carbonyl (C=O) groups excluding carboxylic acids is 2. The van der Waals surface area contributed by atoms with Crippen LogP contribution in [0.3, 0.4) is 0 Å². The Balaban J connectivity index is 0. The molecule has 90 valence electrons. The lowest BCUT2D eigenvalue weighted by atomic mass is 10.3. The predicted molar refractivity (Wildman–Crippen MR) is 62.6 cm³/mol. The SMILES string of the molecule is CC.CCC(=O)NCCCCNC(C)=O. The molecule has 0 aromatic rings. The minimum absolute atomic E-state index is 0.00223. The Morgan fingerprint density at radius 1 is 1.00 bits per heavy atom. The van der Waals surface area contributed by atoms with Gasteiger partial charge in [0.05, 0.1) is 0 Å². The highest BCUT2D eigenvalue weighted by Gasteiger charge is 1.95. The second-order valence-corrected chi connectivity index (χ2v) is 2.89. The number of hydrogen-bond donors (Lipinski definition) is 2. The van der Waals surface area contributed by atoms with Crippen LogP contribution in [-0.4, -0.2) is 24.9 Å². The summed E-state index contributed by atoms with van der Waals surface area (Å²) in [5, 5.41) is 5.46. The molecular formula is C11H24N2O2. The Morgan fingerprint density at radius 3 is 1.87 bits per heavy atom. The molecule has 0 saturated carbocycles. The minimum atomic E-state index is -0.00223. The van der Waals surface area contributed by atoms with Crippen molar-refractivity contribution in [2.45, 2.75) is 47.0 Å². The second-order valence-electron chi connectivity index (χ2n) is 2.89. The first-order chi connectivity index (χ1) is 7.16. The van der Waals surface area contributed by atoms with E-state index in [1.165, 1.54) is 6.92 Å². The molecule has 0 radical (unpaired) electrons. The van der Waals surface area contributed by atoms with Crippen LogP contribution < -0.4 is 10.6 Å². The maximum Gasteiger partial charge on any atom is 0.219 e. The van der Waals surface area contributed by atoms with Crippen molar-refractivity contribution < 1.29 is 9.59 Å². The number of unbranched alkanes of at least 4 members (excludes halogenated alkanes) is 1. The zero-order valence-corrected chi connectivity index (χ0v) is 10.4. The summed E-state index contributed by atoms with van der Waals surface area (Å²) in [6.45, 7) is 8.72. The van der Waals surface area contributed by atoms with Gasteiger partial charge in [-0.25, -0.2) is 0 Å². The van der Waals surface area contributed by atoms with Crippen molar-refractivity contribution >= 4 is 11.8 Å². The van der Waals surface area contributed by atoms with Gasteiger partial charge >= 0.3 is 0 Å². The smallest absolute Gasteiger partial charge is 0.219 e. The lowest BCUT2D eigenvalue weighted by Crippen LogP contribution is -2.25. The van der Waals surface area contributed by atoms with Gasteiger partial charge < -0.3 is 10.6 Å². The molecule has 0 aromatic heterocycles. The molecular weight excluding hydrogens is 192 g/mol. The average Bonchev–Trinajstić information content (AvgIpc) is 2.25. The Labute approximate surface area is 92.8 Å². The van der Waals surface area contributed by atoms with E-state index >= 15 is 0 Å². The van der Waals surface area contributed by atoms with Crippen molar-refractivity contribution in [1.29, 1.82) is 0 Å². The first-order valence-corrected chi connectivity index (χ1v) is 5.68. The van der Waals surface area contributed by atoms with Crippen LogP contribution in [0.15, 0.2) is 0 Å². The fraction of sp³-hybridized carbons (Fsp3) is 0.818. The number of rotatable bonds is 6. The molecule has 0 unspecified atom stereocenters. The van der Waals surface area contributed by atoms with Gasteiger partial charge in [-0.2, -0.15) is 0 Å². The van der Waals surface area contributed by atoms with Crippen molar-refractivity contribution in [3.05, 3.63) is 0 Å². The highest BCUT2D eigenvalue weighted by Crippen LogP contribution is 1.85. The Bertz CT molecular complexity index is 170. The third kappa shape index (κ3) is 15.7. The van der Waals surface area contributed by atoms with E-state index in [0.717, 1.165) is 12.8 Å². The molecule has 0 fully saturated rings. The van der Waals surface area contributed by atoms with Gasteiger partial charge in [0.1, 0.15) is 0 Å². The predicted octanol–water partition coefficient (Wildman–Crippen LogP) is 1.46. The third-order valence-electron chi connectivity index (χ3n) is 1.62. The van der Waals surface area contributed by atoms with Crippen molar-refractivity contribution in [2.24, 2.45) is 0 Å². The molecule has 0 atom stereocenters. The summed E-state index contributed by atoms with van der Waals surface area (Å²) < 4.78 is 0. The van der Waals surface area contributed by atoms with Crippen LogP contribution >= 0.6 is 0 Å². The quantitative estimate of drug-likeness (QED) is 0.660. The molecule has 0 heterocycles. The molecule has 0 rings (SSSR count). The van der Waals surface area contributed by atoms with Crippen LogP contribution in [0.5, 0.6) is 0 Å². The highest BCUT2D eigenvalue weighted by molar-refractivity contribution is 5.75.